The first-order valence-electron chi connectivity index (χ1n) is 12.1. The zero-order chi connectivity index (χ0) is 26.6. The minimum absolute atomic E-state index is 0.0422. The summed E-state index contributed by atoms with van der Waals surface area (Å²) in [5.41, 5.74) is 2.85. The number of amides is 1. The van der Waals surface area contributed by atoms with Crippen molar-refractivity contribution in [1.82, 2.24) is 15.2 Å². The van der Waals surface area contributed by atoms with E-state index >= 15 is 0 Å². The van der Waals surface area contributed by atoms with Crippen LogP contribution in [0.5, 0.6) is 0 Å². The number of anilines is 1. The number of pyridine rings is 1. The Balaban J connectivity index is 1.43. The number of nitro groups is 1. The molecule has 2 aromatic carbocycles. The van der Waals surface area contributed by atoms with Crippen LogP contribution in [-0.4, -0.2) is 32.4 Å². The summed E-state index contributed by atoms with van der Waals surface area (Å²) in [4.78, 5) is 30.4. The Labute approximate surface area is 224 Å². The van der Waals surface area contributed by atoms with E-state index < -0.39 is 11.0 Å². The van der Waals surface area contributed by atoms with Crippen molar-refractivity contribution in [2.24, 2.45) is 0 Å². The Morgan fingerprint density at radius 2 is 1.87 bits per heavy atom. The van der Waals surface area contributed by atoms with E-state index in [0.29, 0.717) is 28.7 Å². The number of hydrogen-bond donors (Lipinski definition) is 2. The second-order valence-electron chi connectivity index (χ2n) is 8.91. The monoisotopic (exact) mass is 527 g/mol. The van der Waals surface area contributed by atoms with Crippen LogP contribution in [0.4, 0.5) is 11.4 Å². The zero-order valence-electron chi connectivity index (χ0n) is 20.5. The topological polar surface area (TPSA) is 114 Å². The number of rotatable bonds is 8. The number of carbonyl (C=O) groups excluding carboxylic acids is 1. The van der Waals surface area contributed by atoms with Gasteiger partial charge in [0.2, 0.25) is 5.91 Å². The standard InChI is InChI=1S/C28H25N5O4S/c1-18-8-2-4-10-20(18)30-25(34)15-17-32-27(26(31-28(32)38)21-11-6-7-16-29-21)24-14-13-23(37-24)19-9-3-5-12-22(19)33(35)36/h2-14,16,26-27H,15,17H2,1H3,(H,30,34)(H,31,38)/t26-,27+/m0/s1. The van der Waals surface area contributed by atoms with Gasteiger partial charge in [-0.3, -0.25) is 19.9 Å². The predicted octanol–water partition coefficient (Wildman–Crippen LogP) is 5.56. The highest BCUT2D eigenvalue weighted by Crippen LogP contribution is 2.41. The number of carbonyl (C=O) groups is 1. The van der Waals surface area contributed by atoms with Crippen molar-refractivity contribution < 1.29 is 14.1 Å². The van der Waals surface area contributed by atoms with Gasteiger partial charge in [-0.2, -0.15) is 0 Å². The molecule has 2 aromatic heterocycles. The van der Waals surface area contributed by atoms with Gasteiger partial charge >= 0.3 is 0 Å². The number of nitrogens with zero attached hydrogens (tertiary/aromatic N) is 3. The third-order valence-electron chi connectivity index (χ3n) is 6.48. The Bertz CT molecular complexity index is 1490. The second kappa shape index (κ2) is 10.8. The van der Waals surface area contributed by atoms with Crippen molar-refractivity contribution in [3.63, 3.8) is 0 Å². The number of aromatic nitrogens is 1. The molecule has 1 saturated heterocycles. The number of nitrogens with one attached hydrogen (secondary N) is 2. The first-order chi connectivity index (χ1) is 18.4. The van der Waals surface area contributed by atoms with E-state index in [1.54, 1.807) is 36.5 Å². The van der Waals surface area contributed by atoms with E-state index in [9.17, 15) is 14.9 Å². The molecule has 1 fully saturated rings. The lowest BCUT2D eigenvalue weighted by molar-refractivity contribution is -0.384. The van der Waals surface area contributed by atoms with Gasteiger partial charge in [-0.25, -0.2) is 0 Å². The molecule has 0 aliphatic carbocycles. The maximum Gasteiger partial charge on any atom is 0.280 e. The van der Waals surface area contributed by atoms with Crippen LogP contribution >= 0.6 is 12.2 Å². The summed E-state index contributed by atoms with van der Waals surface area (Å²) in [7, 11) is 0. The van der Waals surface area contributed by atoms with Crippen LogP contribution in [0.25, 0.3) is 11.3 Å². The zero-order valence-corrected chi connectivity index (χ0v) is 21.4. The van der Waals surface area contributed by atoms with Crippen LogP contribution in [-0.2, 0) is 4.79 Å². The number of nitro benzene ring substituents is 1. The van der Waals surface area contributed by atoms with Crippen LogP contribution in [0.2, 0.25) is 0 Å². The lowest BCUT2D eigenvalue weighted by Crippen LogP contribution is -2.32. The largest absolute Gasteiger partial charge is 0.459 e. The van der Waals surface area contributed by atoms with Gasteiger partial charge in [0.1, 0.15) is 17.6 Å². The van der Waals surface area contributed by atoms with Gasteiger partial charge in [0.05, 0.1) is 22.2 Å². The summed E-state index contributed by atoms with van der Waals surface area (Å²) in [6.45, 7) is 2.27. The van der Waals surface area contributed by atoms with Crippen molar-refractivity contribution in [3.8, 4) is 11.3 Å². The Hall–Kier alpha value is -4.57. The fraction of sp³-hybridized carbons (Fsp3) is 0.179. The first kappa shape index (κ1) is 25.1. The second-order valence-corrected chi connectivity index (χ2v) is 9.30. The average Bonchev–Trinajstić information content (AvgIpc) is 3.53. The van der Waals surface area contributed by atoms with Crippen LogP contribution in [0.15, 0.2) is 89.5 Å². The van der Waals surface area contributed by atoms with Crippen LogP contribution in [0.1, 0.15) is 35.5 Å². The molecule has 9 nitrogen and oxygen atoms in total. The average molecular weight is 528 g/mol. The van der Waals surface area contributed by atoms with Crippen molar-refractivity contribution in [1.29, 1.82) is 0 Å². The summed E-state index contributed by atoms with van der Waals surface area (Å²) in [5.74, 6) is 0.796. The molecule has 0 spiro atoms. The molecule has 38 heavy (non-hydrogen) atoms. The van der Waals surface area contributed by atoms with Crippen LogP contribution in [0.3, 0.4) is 0 Å². The molecular formula is C28H25N5O4S. The molecule has 1 amide bonds. The number of para-hydroxylation sites is 2. The van der Waals surface area contributed by atoms with Gasteiger partial charge in [-0.15, -0.1) is 0 Å². The van der Waals surface area contributed by atoms with Crippen LogP contribution < -0.4 is 10.6 Å². The molecule has 192 valence electrons. The lowest BCUT2D eigenvalue weighted by Gasteiger charge is -2.26. The third kappa shape index (κ3) is 5.12. The molecule has 1 aliphatic heterocycles. The number of hydrogen-bond acceptors (Lipinski definition) is 6. The van der Waals surface area contributed by atoms with Gasteiger partial charge in [0.25, 0.3) is 5.69 Å². The highest BCUT2D eigenvalue weighted by atomic mass is 32.1. The highest BCUT2D eigenvalue weighted by molar-refractivity contribution is 7.80. The van der Waals surface area contributed by atoms with Gasteiger partial charge in [0, 0.05) is 30.9 Å². The summed E-state index contributed by atoms with van der Waals surface area (Å²) in [6, 6.07) is 22.4. The molecule has 1 aliphatic rings. The third-order valence-corrected chi connectivity index (χ3v) is 6.83. The first-order valence-corrected chi connectivity index (χ1v) is 12.5. The fourth-order valence-corrected chi connectivity index (χ4v) is 4.93. The van der Waals surface area contributed by atoms with E-state index in [0.717, 1.165) is 16.9 Å². The number of furan rings is 1. The summed E-state index contributed by atoms with van der Waals surface area (Å²) >= 11 is 5.68. The molecule has 0 radical (unpaired) electrons. The molecule has 4 aromatic rings. The van der Waals surface area contributed by atoms with E-state index in [1.165, 1.54) is 6.07 Å². The van der Waals surface area contributed by atoms with Gasteiger partial charge in [0.15, 0.2) is 5.11 Å². The van der Waals surface area contributed by atoms with Gasteiger partial charge < -0.3 is 20.0 Å². The van der Waals surface area contributed by atoms with E-state index in [2.05, 4.69) is 15.6 Å². The van der Waals surface area contributed by atoms with Crippen molar-refractivity contribution >= 4 is 34.6 Å². The number of aryl methyl sites for hydroxylation is 1. The molecule has 2 N–H and O–H groups in total. The summed E-state index contributed by atoms with van der Waals surface area (Å²) in [5, 5.41) is 18.3. The quantitative estimate of drug-likeness (QED) is 0.174. The SMILES string of the molecule is Cc1ccccc1NC(=O)CCN1C(=S)N[C@@H](c2ccccn2)[C@H]1c1ccc(-c2ccccc2[N+](=O)[O-])o1. The smallest absolute Gasteiger partial charge is 0.280 e. The van der Waals surface area contributed by atoms with E-state index in [1.807, 2.05) is 54.3 Å². The molecule has 5 rings (SSSR count). The predicted molar refractivity (Wildman–Crippen MR) is 147 cm³/mol. The molecule has 3 heterocycles. The van der Waals surface area contributed by atoms with E-state index in [-0.39, 0.29) is 24.1 Å². The Kier molecular flexibility index (Phi) is 7.14. The molecular weight excluding hydrogens is 502 g/mol. The highest BCUT2D eigenvalue weighted by Gasteiger charge is 2.41. The minimum atomic E-state index is -0.431. The summed E-state index contributed by atoms with van der Waals surface area (Å²) in [6.07, 6.45) is 1.90. The van der Waals surface area contributed by atoms with E-state index in [4.69, 9.17) is 16.6 Å². The normalized spacial score (nSPS) is 16.8. The molecule has 0 saturated carbocycles. The van der Waals surface area contributed by atoms with Crippen LogP contribution in [0, 0.1) is 17.0 Å². The fourth-order valence-electron chi connectivity index (χ4n) is 4.60. The van der Waals surface area contributed by atoms with Gasteiger partial charge in [-0.1, -0.05) is 36.4 Å². The molecule has 10 heteroatoms. The maximum atomic E-state index is 12.8. The molecule has 0 unspecified atom stereocenters. The van der Waals surface area contributed by atoms with Crippen molar-refractivity contribution in [2.45, 2.75) is 25.4 Å². The summed E-state index contributed by atoms with van der Waals surface area (Å²) < 4.78 is 6.22. The number of benzene rings is 2. The number of thiocarbonyl (C=S) groups is 1. The molecule has 0 bridgehead atoms. The van der Waals surface area contributed by atoms with Gasteiger partial charge in [-0.05, 0) is 61.1 Å². The van der Waals surface area contributed by atoms with Crippen molar-refractivity contribution in [3.05, 3.63) is 112 Å². The Morgan fingerprint density at radius 3 is 2.63 bits per heavy atom. The lowest BCUT2D eigenvalue weighted by atomic mass is 10.0. The van der Waals surface area contributed by atoms with Crippen molar-refractivity contribution in [2.75, 3.05) is 11.9 Å². The minimum Gasteiger partial charge on any atom is -0.459 e. The maximum absolute atomic E-state index is 12.8. The molecule has 2 atom stereocenters. The Morgan fingerprint density at radius 1 is 1.11 bits per heavy atom.